The third-order valence-corrected chi connectivity index (χ3v) is 1.30. The van der Waals surface area contributed by atoms with Crippen LogP contribution in [0.1, 0.15) is 5.69 Å². The molecule has 0 aliphatic rings. The van der Waals surface area contributed by atoms with Crippen LogP contribution >= 0.6 is 0 Å². The minimum absolute atomic E-state index is 0.176. The molecule has 0 unspecified atom stereocenters. The van der Waals surface area contributed by atoms with Crippen molar-refractivity contribution in [2.45, 2.75) is 6.18 Å². The van der Waals surface area contributed by atoms with E-state index in [2.05, 4.69) is 4.98 Å². The molecule has 0 bridgehead atoms. The zero-order valence-corrected chi connectivity index (χ0v) is 6.38. The maximum Gasteiger partial charge on any atom is 0.440 e. The second-order valence-electron chi connectivity index (χ2n) is 2.28. The number of halogens is 4. The normalized spacial score (nSPS) is 11.4. The second kappa shape index (κ2) is 3.20. The fourth-order valence-electron chi connectivity index (χ4n) is 0.786. The van der Waals surface area contributed by atoms with Crippen molar-refractivity contribution in [2.75, 3.05) is 0 Å². The monoisotopic (exact) mass is 210 g/mol. The van der Waals surface area contributed by atoms with E-state index in [-0.39, 0.29) is 12.3 Å². The molecule has 1 aromatic rings. The van der Waals surface area contributed by atoms with Gasteiger partial charge < -0.3 is 0 Å². The number of rotatable bonds is 1. The first-order valence-corrected chi connectivity index (χ1v) is 3.19. The molecule has 14 heavy (non-hydrogen) atoms. The minimum Gasteiger partial charge on any atom is -0.258 e. The maximum atomic E-state index is 12.4. The van der Waals surface area contributed by atoms with E-state index in [0.717, 1.165) is 0 Å². The van der Waals surface area contributed by atoms with Crippen LogP contribution in [0.3, 0.4) is 0 Å². The lowest BCUT2D eigenvalue weighted by Gasteiger charge is -2.05. The second-order valence-corrected chi connectivity index (χ2v) is 2.28. The van der Waals surface area contributed by atoms with Gasteiger partial charge in [-0.2, -0.15) is 13.2 Å². The Balaban J connectivity index is 3.37. The van der Waals surface area contributed by atoms with Gasteiger partial charge in [0, 0.05) is 0 Å². The molecule has 0 saturated heterocycles. The fourth-order valence-corrected chi connectivity index (χ4v) is 0.786. The van der Waals surface area contributed by atoms with E-state index in [4.69, 9.17) is 0 Å². The maximum absolute atomic E-state index is 12.4. The van der Waals surface area contributed by atoms with Crippen molar-refractivity contribution >= 4 is 5.69 Å². The molecule has 76 valence electrons. The third-order valence-electron chi connectivity index (χ3n) is 1.30. The molecule has 0 aliphatic carbocycles. The highest BCUT2D eigenvalue weighted by atomic mass is 19.4. The van der Waals surface area contributed by atoms with Crippen LogP contribution in [0.4, 0.5) is 23.2 Å². The number of alkyl halides is 3. The van der Waals surface area contributed by atoms with E-state index in [0.29, 0.717) is 0 Å². The Labute approximate surface area is 74.3 Å². The number of hydrogen-bond acceptors (Lipinski definition) is 3. The SMILES string of the molecule is O=[N+]([O-])c1cc(F)cnc1C(F)(F)F. The molecule has 0 atom stereocenters. The largest absolute Gasteiger partial charge is 0.440 e. The van der Waals surface area contributed by atoms with Crippen LogP contribution in [0.2, 0.25) is 0 Å². The van der Waals surface area contributed by atoms with E-state index in [1.807, 2.05) is 0 Å². The van der Waals surface area contributed by atoms with Crippen LogP contribution in [0, 0.1) is 15.9 Å². The summed E-state index contributed by atoms with van der Waals surface area (Å²) in [7, 11) is 0. The summed E-state index contributed by atoms with van der Waals surface area (Å²) in [6, 6.07) is 0.176. The van der Waals surface area contributed by atoms with E-state index < -0.39 is 28.3 Å². The summed E-state index contributed by atoms with van der Waals surface area (Å²) in [5, 5.41) is 10.1. The van der Waals surface area contributed by atoms with Crippen molar-refractivity contribution in [1.82, 2.24) is 4.98 Å². The summed E-state index contributed by atoms with van der Waals surface area (Å²) in [4.78, 5) is 11.4. The standard InChI is InChI=1S/C6H2F4N2O2/c7-3-1-4(12(13)14)5(11-2-3)6(8,9)10/h1-2H. The van der Waals surface area contributed by atoms with Crippen LogP contribution in [-0.2, 0) is 6.18 Å². The molecule has 8 heteroatoms. The molecular weight excluding hydrogens is 208 g/mol. The molecule has 0 spiro atoms. The highest BCUT2D eigenvalue weighted by Gasteiger charge is 2.40. The van der Waals surface area contributed by atoms with E-state index >= 15 is 0 Å². The molecule has 0 saturated carbocycles. The van der Waals surface area contributed by atoms with Crippen LogP contribution in [0.5, 0.6) is 0 Å². The first kappa shape index (κ1) is 10.4. The van der Waals surface area contributed by atoms with Crippen molar-refractivity contribution in [2.24, 2.45) is 0 Å². The summed E-state index contributed by atoms with van der Waals surface area (Å²) in [5.41, 5.74) is -3.10. The topological polar surface area (TPSA) is 56.0 Å². The van der Waals surface area contributed by atoms with Crippen LogP contribution in [0.15, 0.2) is 12.3 Å². The summed E-state index contributed by atoms with van der Waals surface area (Å²) in [6.07, 6.45) is -4.69. The summed E-state index contributed by atoms with van der Waals surface area (Å²) in [6.45, 7) is 0. The zero-order chi connectivity index (χ0) is 10.9. The van der Waals surface area contributed by atoms with Gasteiger partial charge in [0.25, 0.3) is 0 Å². The minimum atomic E-state index is -4.96. The van der Waals surface area contributed by atoms with Crippen molar-refractivity contribution in [1.29, 1.82) is 0 Å². The fraction of sp³-hybridized carbons (Fsp3) is 0.167. The average Bonchev–Trinajstić information content (AvgIpc) is 2.01. The molecule has 0 aliphatic heterocycles. The molecule has 0 N–H and O–H groups in total. The molecule has 0 radical (unpaired) electrons. The lowest BCUT2D eigenvalue weighted by Crippen LogP contribution is -2.11. The molecule has 1 heterocycles. The number of aromatic nitrogens is 1. The molecule has 0 amide bonds. The first-order chi connectivity index (χ1) is 6.32. The van der Waals surface area contributed by atoms with Gasteiger partial charge in [-0.3, -0.25) is 10.1 Å². The molecular formula is C6H2F4N2O2. The Bertz CT molecular complexity index is 377. The van der Waals surface area contributed by atoms with Gasteiger partial charge in [-0.25, -0.2) is 9.37 Å². The zero-order valence-electron chi connectivity index (χ0n) is 6.38. The van der Waals surface area contributed by atoms with E-state index in [1.165, 1.54) is 0 Å². The van der Waals surface area contributed by atoms with E-state index in [9.17, 15) is 27.7 Å². The van der Waals surface area contributed by atoms with Crippen LogP contribution in [0.25, 0.3) is 0 Å². The summed E-state index contributed by atoms with van der Waals surface area (Å²) in [5.74, 6) is -1.19. The smallest absolute Gasteiger partial charge is 0.258 e. The number of nitro groups is 1. The Morgan fingerprint density at radius 1 is 1.43 bits per heavy atom. The summed E-state index contributed by atoms with van der Waals surface area (Å²) < 4.78 is 48.5. The molecule has 4 nitrogen and oxygen atoms in total. The van der Waals surface area contributed by atoms with Crippen molar-refractivity contribution in [3.63, 3.8) is 0 Å². The van der Waals surface area contributed by atoms with Gasteiger partial charge >= 0.3 is 11.9 Å². The quantitative estimate of drug-likeness (QED) is 0.405. The third kappa shape index (κ3) is 1.95. The van der Waals surface area contributed by atoms with Crippen molar-refractivity contribution < 1.29 is 22.5 Å². The highest BCUT2D eigenvalue weighted by Crippen LogP contribution is 2.34. The Morgan fingerprint density at radius 2 is 2.00 bits per heavy atom. The Hall–Kier alpha value is -1.73. The van der Waals surface area contributed by atoms with Gasteiger partial charge in [0.05, 0.1) is 17.2 Å². The van der Waals surface area contributed by atoms with Crippen LogP contribution < -0.4 is 0 Å². The van der Waals surface area contributed by atoms with Gasteiger partial charge in [0.2, 0.25) is 5.69 Å². The molecule has 1 aromatic heterocycles. The van der Waals surface area contributed by atoms with Gasteiger partial charge in [-0.1, -0.05) is 0 Å². The van der Waals surface area contributed by atoms with Gasteiger partial charge in [-0.05, 0) is 0 Å². The Morgan fingerprint density at radius 3 is 2.43 bits per heavy atom. The highest BCUT2D eigenvalue weighted by molar-refractivity contribution is 5.36. The number of pyridine rings is 1. The van der Waals surface area contributed by atoms with Crippen molar-refractivity contribution in [3.05, 3.63) is 33.9 Å². The van der Waals surface area contributed by atoms with Gasteiger partial charge in [0.15, 0.2) is 0 Å². The van der Waals surface area contributed by atoms with Gasteiger partial charge in [0.1, 0.15) is 5.82 Å². The molecule has 1 rings (SSSR count). The van der Waals surface area contributed by atoms with Crippen LogP contribution in [-0.4, -0.2) is 9.91 Å². The average molecular weight is 210 g/mol. The summed E-state index contributed by atoms with van der Waals surface area (Å²) >= 11 is 0. The molecule has 0 fully saturated rings. The lowest BCUT2D eigenvalue weighted by molar-refractivity contribution is -0.388. The predicted octanol–water partition coefficient (Wildman–Crippen LogP) is 2.15. The molecule has 0 aromatic carbocycles. The van der Waals surface area contributed by atoms with Gasteiger partial charge in [-0.15, -0.1) is 0 Å². The predicted molar refractivity (Wildman–Crippen MR) is 35.9 cm³/mol. The number of nitrogens with zero attached hydrogens (tertiary/aromatic N) is 2. The first-order valence-electron chi connectivity index (χ1n) is 3.19. The lowest BCUT2D eigenvalue weighted by atomic mass is 10.3. The van der Waals surface area contributed by atoms with Crippen molar-refractivity contribution in [3.8, 4) is 0 Å². The Kier molecular flexibility index (Phi) is 2.37. The number of hydrogen-bond donors (Lipinski definition) is 0. The van der Waals surface area contributed by atoms with E-state index in [1.54, 1.807) is 0 Å².